The van der Waals surface area contributed by atoms with E-state index in [1.807, 2.05) is 6.07 Å². The van der Waals surface area contributed by atoms with E-state index in [-0.39, 0.29) is 0 Å². The van der Waals surface area contributed by atoms with Gasteiger partial charge < -0.3 is 9.64 Å². The zero-order valence-corrected chi connectivity index (χ0v) is 12.4. The molecule has 0 aromatic carbocycles. The van der Waals surface area contributed by atoms with Crippen LogP contribution >= 0.6 is 15.9 Å². The van der Waals surface area contributed by atoms with Gasteiger partial charge in [0.25, 0.3) is 0 Å². The van der Waals surface area contributed by atoms with Crippen molar-refractivity contribution in [2.45, 2.75) is 38.6 Å². The smallest absolute Gasteiger partial charge is 0.228 e. The molecule has 1 aliphatic rings. The number of nitrogens with zero attached hydrogens (tertiary/aromatic N) is 3. The second-order valence-corrected chi connectivity index (χ2v) is 5.30. The predicted octanol–water partition coefficient (Wildman–Crippen LogP) is 3.02. The molecule has 4 nitrogen and oxygen atoms in total. The van der Waals surface area contributed by atoms with Crippen LogP contribution in [-0.2, 0) is 0 Å². The molecule has 0 aliphatic heterocycles. The standard InChI is InChI=1S/C13H20BrN3O/c1-2-10-18-12-6-8-15-13(16-12)17(9-7-14)11-4-3-5-11/h6,8,11H,2-5,7,9-10H2,1H3. The molecule has 100 valence electrons. The Bertz CT molecular complexity index is 371. The van der Waals surface area contributed by atoms with Crippen molar-refractivity contribution in [3.8, 4) is 5.88 Å². The fourth-order valence-corrected chi connectivity index (χ4v) is 2.38. The van der Waals surface area contributed by atoms with Crippen molar-refractivity contribution in [1.29, 1.82) is 0 Å². The maximum Gasteiger partial charge on any atom is 0.228 e. The van der Waals surface area contributed by atoms with Gasteiger partial charge in [0, 0.05) is 30.2 Å². The van der Waals surface area contributed by atoms with E-state index < -0.39 is 0 Å². The van der Waals surface area contributed by atoms with Gasteiger partial charge in [0.2, 0.25) is 11.8 Å². The molecule has 0 N–H and O–H groups in total. The molecule has 1 aliphatic carbocycles. The predicted molar refractivity (Wildman–Crippen MR) is 76.6 cm³/mol. The maximum absolute atomic E-state index is 5.57. The van der Waals surface area contributed by atoms with Gasteiger partial charge >= 0.3 is 0 Å². The first-order valence-electron chi connectivity index (χ1n) is 6.63. The molecule has 18 heavy (non-hydrogen) atoms. The number of halogens is 1. The van der Waals surface area contributed by atoms with E-state index in [9.17, 15) is 0 Å². The van der Waals surface area contributed by atoms with Crippen molar-refractivity contribution >= 4 is 21.9 Å². The van der Waals surface area contributed by atoms with Crippen LogP contribution < -0.4 is 9.64 Å². The van der Waals surface area contributed by atoms with Gasteiger partial charge in [0.05, 0.1) is 6.61 Å². The molecule has 0 spiro atoms. The molecule has 1 aromatic rings. The Morgan fingerprint density at radius 3 is 2.94 bits per heavy atom. The number of ether oxygens (including phenoxy) is 1. The van der Waals surface area contributed by atoms with Crippen molar-refractivity contribution in [3.63, 3.8) is 0 Å². The third-order valence-electron chi connectivity index (χ3n) is 3.17. The molecule has 1 fully saturated rings. The van der Waals surface area contributed by atoms with E-state index in [0.717, 1.165) is 24.2 Å². The largest absolute Gasteiger partial charge is 0.478 e. The Morgan fingerprint density at radius 2 is 2.33 bits per heavy atom. The molecule has 0 atom stereocenters. The highest BCUT2D eigenvalue weighted by Crippen LogP contribution is 2.28. The first-order chi connectivity index (χ1) is 8.85. The number of alkyl halides is 1. The lowest BCUT2D eigenvalue weighted by atomic mass is 9.92. The number of anilines is 1. The summed E-state index contributed by atoms with van der Waals surface area (Å²) in [7, 11) is 0. The number of aromatic nitrogens is 2. The number of hydrogen-bond donors (Lipinski definition) is 0. The second kappa shape index (κ2) is 6.92. The second-order valence-electron chi connectivity index (χ2n) is 4.51. The lowest BCUT2D eigenvalue weighted by Gasteiger charge is -2.37. The Labute approximate surface area is 117 Å². The van der Waals surface area contributed by atoms with Crippen LogP contribution in [0.2, 0.25) is 0 Å². The minimum Gasteiger partial charge on any atom is -0.478 e. The van der Waals surface area contributed by atoms with Gasteiger partial charge in [-0.05, 0) is 25.7 Å². The van der Waals surface area contributed by atoms with Crippen molar-refractivity contribution in [3.05, 3.63) is 12.3 Å². The molecule has 0 amide bonds. The monoisotopic (exact) mass is 313 g/mol. The van der Waals surface area contributed by atoms with E-state index in [1.54, 1.807) is 6.20 Å². The van der Waals surface area contributed by atoms with Crippen LogP contribution in [-0.4, -0.2) is 34.5 Å². The summed E-state index contributed by atoms with van der Waals surface area (Å²) >= 11 is 3.50. The molecule has 0 unspecified atom stereocenters. The fraction of sp³-hybridized carbons (Fsp3) is 0.692. The Balaban J connectivity index is 2.08. The van der Waals surface area contributed by atoms with Crippen LogP contribution in [0.1, 0.15) is 32.6 Å². The average molecular weight is 314 g/mol. The van der Waals surface area contributed by atoms with Crippen LogP contribution in [0.25, 0.3) is 0 Å². The third-order valence-corrected chi connectivity index (χ3v) is 3.52. The first-order valence-corrected chi connectivity index (χ1v) is 7.75. The molecule has 1 heterocycles. The van der Waals surface area contributed by atoms with E-state index >= 15 is 0 Å². The minimum absolute atomic E-state index is 0.601. The minimum atomic E-state index is 0.601. The van der Waals surface area contributed by atoms with Gasteiger partial charge in [-0.1, -0.05) is 22.9 Å². The van der Waals surface area contributed by atoms with E-state index in [4.69, 9.17) is 4.74 Å². The summed E-state index contributed by atoms with van der Waals surface area (Å²) in [5.74, 6) is 1.48. The van der Waals surface area contributed by atoms with Gasteiger partial charge in [-0.2, -0.15) is 4.98 Å². The highest BCUT2D eigenvalue weighted by atomic mass is 79.9. The molecule has 0 saturated heterocycles. The number of rotatable bonds is 7. The summed E-state index contributed by atoms with van der Waals surface area (Å²) in [5.41, 5.74) is 0. The molecule has 0 radical (unpaired) electrons. The van der Waals surface area contributed by atoms with E-state index in [1.165, 1.54) is 19.3 Å². The topological polar surface area (TPSA) is 38.2 Å². The zero-order valence-electron chi connectivity index (χ0n) is 10.8. The van der Waals surface area contributed by atoms with Gasteiger partial charge in [0.1, 0.15) is 0 Å². The lowest BCUT2D eigenvalue weighted by molar-refractivity contribution is 0.303. The van der Waals surface area contributed by atoms with E-state index in [0.29, 0.717) is 18.5 Å². The SMILES string of the molecule is CCCOc1ccnc(N(CCBr)C2CCC2)n1. The highest BCUT2D eigenvalue weighted by Gasteiger charge is 2.26. The Morgan fingerprint density at radius 1 is 1.50 bits per heavy atom. The van der Waals surface area contributed by atoms with Crippen LogP contribution in [0.4, 0.5) is 5.95 Å². The molecule has 5 heteroatoms. The van der Waals surface area contributed by atoms with Gasteiger partial charge in [0.15, 0.2) is 0 Å². The van der Waals surface area contributed by atoms with E-state index in [2.05, 4.69) is 37.7 Å². The number of hydrogen-bond acceptors (Lipinski definition) is 4. The highest BCUT2D eigenvalue weighted by molar-refractivity contribution is 9.09. The zero-order chi connectivity index (χ0) is 12.8. The summed E-state index contributed by atoms with van der Waals surface area (Å²) in [5, 5.41) is 0.937. The summed E-state index contributed by atoms with van der Waals surface area (Å²) in [6, 6.07) is 2.43. The van der Waals surface area contributed by atoms with Crippen molar-refractivity contribution in [1.82, 2.24) is 9.97 Å². The van der Waals surface area contributed by atoms with Crippen LogP contribution in [0.5, 0.6) is 5.88 Å². The van der Waals surface area contributed by atoms with Gasteiger partial charge in [-0.25, -0.2) is 4.98 Å². The summed E-state index contributed by atoms with van der Waals surface area (Å²) in [4.78, 5) is 11.2. The van der Waals surface area contributed by atoms with Gasteiger partial charge in [-0.15, -0.1) is 0 Å². The Kier molecular flexibility index (Phi) is 5.23. The van der Waals surface area contributed by atoms with Crippen molar-refractivity contribution in [2.24, 2.45) is 0 Å². The molecule has 2 rings (SSSR count). The van der Waals surface area contributed by atoms with Gasteiger partial charge in [-0.3, -0.25) is 0 Å². The normalized spacial score (nSPS) is 15.2. The Hall–Kier alpha value is -0.840. The van der Waals surface area contributed by atoms with Crippen molar-refractivity contribution < 1.29 is 4.74 Å². The van der Waals surface area contributed by atoms with Crippen LogP contribution in [0, 0.1) is 0 Å². The molecule has 1 aromatic heterocycles. The maximum atomic E-state index is 5.57. The third kappa shape index (κ3) is 3.34. The molecular weight excluding hydrogens is 294 g/mol. The first kappa shape index (κ1) is 13.6. The quantitative estimate of drug-likeness (QED) is 0.725. The summed E-state index contributed by atoms with van der Waals surface area (Å²) < 4.78 is 5.57. The van der Waals surface area contributed by atoms with Crippen LogP contribution in [0.3, 0.4) is 0 Å². The average Bonchev–Trinajstić information content (AvgIpc) is 2.34. The van der Waals surface area contributed by atoms with Crippen molar-refractivity contribution in [2.75, 3.05) is 23.4 Å². The lowest BCUT2D eigenvalue weighted by Crippen LogP contribution is -2.42. The summed E-state index contributed by atoms with van der Waals surface area (Å²) in [6.07, 6.45) is 6.59. The fourth-order valence-electron chi connectivity index (χ4n) is 1.99. The van der Waals surface area contributed by atoms with Crippen LogP contribution in [0.15, 0.2) is 12.3 Å². The molecular formula is C13H20BrN3O. The summed E-state index contributed by atoms with van der Waals surface area (Å²) in [6.45, 7) is 3.74. The molecule has 1 saturated carbocycles. The molecule has 0 bridgehead atoms.